The first-order valence-electron chi connectivity index (χ1n) is 2.69. The second-order valence-corrected chi connectivity index (χ2v) is 4.71. The molecule has 16 heavy (non-hydrogen) atoms. The first-order chi connectivity index (χ1) is 6.21. The Balaban J connectivity index is 0. The summed E-state index contributed by atoms with van der Waals surface area (Å²) in [5, 5.41) is -6.28. The molecule has 0 saturated heterocycles. The van der Waals surface area contributed by atoms with E-state index < -0.39 is 25.6 Å². The zero-order valence-corrected chi connectivity index (χ0v) is 12.2. The topological polar surface area (TPSA) is 66.4 Å². The van der Waals surface area contributed by atoms with Gasteiger partial charge in [0.05, 0.1) is 0 Å². The van der Waals surface area contributed by atoms with Crippen molar-refractivity contribution in [2.75, 3.05) is 0 Å². The van der Waals surface area contributed by atoms with Crippen LogP contribution in [0.4, 0.5) is 26.3 Å². The number of halogens is 7. The molecule has 4 nitrogen and oxygen atoms in total. The van der Waals surface area contributed by atoms with E-state index in [0.29, 0.717) is 0 Å². The van der Waals surface area contributed by atoms with Crippen LogP contribution in [0.1, 0.15) is 0 Å². The van der Waals surface area contributed by atoms with Crippen LogP contribution >= 0.6 is 22.6 Å². The average Bonchev–Trinajstić information content (AvgIpc) is 1.77. The predicted molar refractivity (Wildman–Crippen MR) is 39.6 cm³/mol. The molecule has 0 bridgehead atoms. The first-order valence-corrected chi connectivity index (χ1v) is 5.17. The molecule has 0 aliphatic carbocycles. The molecule has 0 saturated carbocycles. The second-order valence-electron chi connectivity index (χ2n) is 2.04. The zero-order chi connectivity index (χ0) is 12.7. The van der Waals surface area contributed by atoms with Gasteiger partial charge < -0.3 is 4.55 Å². The summed E-state index contributed by atoms with van der Waals surface area (Å²) >= 11 is -0.0957. The summed E-state index contributed by atoms with van der Waals surface area (Å²) in [5.41, 5.74) is 0. The number of ether oxygens (including phenoxy) is 1. The molecule has 0 fully saturated rings. The Bertz CT molecular complexity index is 338. The van der Waals surface area contributed by atoms with Gasteiger partial charge in [-0.25, -0.2) is 13.2 Å². The van der Waals surface area contributed by atoms with E-state index in [0.717, 1.165) is 0 Å². The molecule has 0 N–H and O–H groups in total. The summed E-state index contributed by atoms with van der Waals surface area (Å²) in [7, 11) is -6.83. The van der Waals surface area contributed by atoms with Crippen LogP contribution < -0.4 is 29.6 Å². The molecule has 0 aromatic heterocycles. The number of hydrogen-bond donors (Lipinski definition) is 0. The largest absolute Gasteiger partial charge is 1.00 e. The Hall–Kier alpha value is 1.18. The van der Waals surface area contributed by atoms with Crippen molar-refractivity contribution in [3.05, 3.63) is 0 Å². The third-order valence-electron chi connectivity index (χ3n) is 0.897. The Morgan fingerprint density at radius 2 is 1.38 bits per heavy atom. The first kappa shape index (κ1) is 19.5. The fraction of sp³-hybridized carbons (Fsp3) is 1.00. The van der Waals surface area contributed by atoms with Gasteiger partial charge in [-0.3, -0.25) is 0 Å². The fourth-order valence-corrected chi connectivity index (χ4v) is 0.960. The molecule has 0 unspecified atom stereocenters. The van der Waals surface area contributed by atoms with Gasteiger partial charge in [-0.2, -0.15) is 26.3 Å². The normalized spacial score (nSPS) is 14.5. The van der Waals surface area contributed by atoms with Gasteiger partial charge in [-0.1, -0.05) is 0 Å². The number of alkyl halides is 7. The number of rotatable bonds is 4. The standard InChI is InChI=1S/C3HF6IO4S.Na/c4-1(5,14-3(8,9)10)2(6,7)15(11,12)13;/h(H,11,12,13);/q;+1/p-1. The van der Waals surface area contributed by atoms with Crippen molar-refractivity contribution < 1.29 is 73.6 Å². The van der Waals surface area contributed by atoms with Crippen LogP contribution in [0.15, 0.2) is 0 Å². The minimum Gasteiger partial charge on any atom is -0.743 e. The van der Waals surface area contributed by atoms with Crippen LogP contribution in [0.3, 0.4) is 0 Å². The minimum absolute atomic E-state index is 0. The van der Waals surface area contributed by atoms with E-state index in [4.69, 9.17) is 0 Å². The van der Waals surface area contributed by atoms with Gasteiger partial charge in [0.25, 0.3) is 0 Å². The van der Waals surface area contributed by atoms with Crippen molar-refractivity contribution >= 4 is 32.7 Å². The molecule has 92 valence electrons. The van der Waals surface area contributed by atoms with Crippen LogP contribution in [0.2, 0.25) is 0 Å². The quantitative estimate of drug-likeness (QED) is 0.195. The van der Waals surface area contributed by atoms with Crippen molar-refractivity contribution in [1.82, 2.24) is 0 Å². The maximum Gasteiger partial charge on any atom is 1.00 e. The van der Waals surface area contributed by atoms with E-state index in [9.17, 15) is 39.3 Å². The Kier molecular flexibility index (Phi) is 6.64. The summed E-state index contributed by atoms with van der Waals surface area (Å²) in [6.45, 7) is 0. The molecular weight excluding hydrogens is 396 g/mol. The summed E-state index contributed by atoms with van der Waals surface area (Å²) in [6, 6.07) is 0. The Labute approximate surface area is 121 Å². The number of hydrogen-bond acceptors (Lipinski definition) is 4. The zero-order valence-electron chi connectivity index (χ0n) is 7.19. The van der Waals surface area contributed by atoms with Gasteiger partial charge in [0.2, 0.25) is 0 Å². The van der Waals surface area contributed by atoms with Crippen LogP contribution in [0, 0.1) is 0 Å². The monoisotopic (exact) mass is 396 g/mol. The maximum atomic E-state index is 12.2. The molecule has 0 heterocycles. The molecule has 0 amide bonds. The maximum absolute atomic E-state index is 12.2. The molecular formula is C3F6INaO4S. The van der Waals surface area contributed by atoms with Crippen LogP contribution in [-0.4, -0.2) is 28.4 Å². The molecule has 0 aromatic rings. The molecule has 0 aromatic carbocycles. The Morgan fingerprint density at radius 3 is 1.56 bits per heavy atom. The molecule has 0 atom stereocenters. The fourth-order valence-electron chi connectivity index (χ4n) is 0.350. The van der Waals surface area contributed by atoms with Gasteiger partial charge >= 0.3 is 45.0 Å². The van der Waals surface area contributed by atoms with Crippen molar-refractivity contribution in [3.63, 3.8) is 0 Å². The second kappa shape index (κ2) is 5.44. The van der Waals surface area contributed by atoms with Gasteiger partial charge in [0.1, 0.15) is 0 Å². The third kappa shape index (κ3) is 4.81. The smallest absolute Gasteiger partial charge is 0.743 e. The van der Waals surface area contributed by atoms with E-state index in [1.165, 1.54) is 0 Å². The van der Waals surface area contributed by atoms with Crippen molar-refractivity contribution in [3.8, 4) is 0 Å². The Morgan fingerprint density at radius 1 is 1.06 bits per heavy atom. The molecule has 0 rings (SSSR count). The third-order valence-corrected chi connectivity index (χ3v) is 1.98. The molecule has 13 heteroatoms. The van der Waals surface area contributed by atoms with E-state index in [2.05, 4.69) is 4.74 Å². The average molecular weight is 396 g/mol. The molecule has 0 spiro atoms. The van der Waals surface area contributed by atoms with E-state index in [-0.39, 0.29) is 52.1 Å². The predicted octanol–water partition coefficient (Wildman–Crippen LogP) is -1.28. The van der Waals surface area contributed by atoms with Crippen molar-refractivity contribution in [2.24, 2.45) is 0 Å². The van der Waals surface area contributed by atoms with Gasteiger partial charge in [0, 0.05) is 22.6 Å². The van der Waals surface area contributed by atoms with Crippen molar-refractivity contribution in [2.45, 2.75) is 15.5 Å². The van der Waals surface area contributed by atoms with E-state index >= 15 is 0 Å². The van der Waals surface area contributed by atoms with Crippen LogP contribution in [0.25, 0.3) is 0 Å². The SMILES string of the molecule is O=S(=O)([O-])C(F)(F)C(F)(F)OC(F)(F)I.[Na+]. The summed E-state index contributed by atoms with van der Waals surface area (Å²) in [4.78, 5) is 0. The summed E-state index contributed by atoms with van der Waals surface area (Å²) in [6.07, 6.45) is -6.13. The minimum atomic E-state index is -6.83. The van der Waals surface area contributed by atoms with Gasteiger partial charge in [-0.15, -0.1) is 0 Å². The molecule has 0 aliphatic rings. The molecule has 0 aliphatic heterocycles. The summed E-state index contributed by atoms with van der Waals surface area (Å²) < 4.78 is 98.6. The van der Waals surface area contributed by atoms with E-state index in [1.54, 1.807) is 0 Å². The summed E-state index contributed by atoms with van der Waals surface area (Å²) in [5.74, 6) is 0. The molecule has 0 radical (unpaired) electrons. The van der Waals surface area contributed by atoms with Gasteiger partial charge in [-0.05, 0) is 0 Å². The van der Waals surface area contributed by atoms with Crippen LogP contribution in [-0.2, 0) is 14.9 Å². The van der Waals surface area contributed by atoms with E-state index in [1.807, 2.05) is 0 Å². The van der Waals surface area contributed by atoms with Crippen LogP contribution in [0.5, 0.6) is 0 Å². The van der Waals surface area contributed by atoms with Crippen molar-refractivity contribution in [1.29, 1.82) is 0 Å². The van der Waals surface area contributed by atoms with Gasteiger partial charge in [0.15, 0.2) is 10.1 Å².